The van der Waals surface area contributed by atoms with Crippen LogP contribution < -0.4 is 11.1 Å². The molecule has 4 nitrogen and oxygen atoms in total. The molecular weight excluding hydrogens is 202 g/mol. The van der Waals surface area contributed by atoms with Crippen LogP contribution in [0.25, 0.3) is 0 Å². The fourth-order valence-electron chi connectivity index (χ4n) is 1.40. The maximum atomic E-state index is 11.8. The molecule has 0 aliphatic rings. The van der Waals surface area contributed by atoms with Crippen molar-refractivity contribution >= 4 is 5.91 Å². The predicted octanol–water partition coefficient (Wildman–Crippen LogP) is 1.07. The fraction of sp³-hybridized carbons (Fsp3) is 0.500. The zero-order chi connectivity index (χ0) is 12.0. The lowest BCUT2D eigenvalue weighted by atomic mass is 9.88. The van der Waals surface area contributed by atoms with Crippen LogP contribution in [0.1, 0.15) is 25.8 Å². The van der Waals surface area contributed by atoms with Crippen LogP contribution in [-0.2, 0) is 11.3 Å². The van der Waals surface area contributed by atoms with Gasteiger partial charge in [-0.25, -0.2) is 0 Å². The van der Waals surface area contributed by atoms with Crippen molar-refractivity contribution in [3.8, 4) is 0 Å². The van der Waals surface area contributed by atoms with Crippen molar-refractivity contribution in [3.63, 3.8) is 0 Å². The first-order valence-electron chi connectivity index (χ1n) is 5.43. The number of hydrogen-bond acceptors (Lipinski definition) is 3. The van der Waals surface area contributed by atoms with Crippen molar-refractivity contribution in [3.05, 3.63) is 30.1 Å². The summed E-state index contributed by atoms with van der Waals surface area (Å²) in [6, 6.07) is 3.77. The minimum atomic E-state index is -0.401. The highest BCUT2D eigenvalue weighted by atomic mass is 16.2. The number of carbonyl (C=O) groups is 1. The molecule has 0 radical (unpaired) electrons. The normalized spacial score (nSPS) is 11.2. The Kier molecular flexibility index (Phi) is 4.43. The second-order valence-electron chi connectivity index (χ2n) is 4.46. The molecule has 0 aromatic carbocycles. The molecule has 3 N–H and O–H groups in total. The van der Waals surface area contributed by atoms with Gasteiger partial charge in [0.05, 0.1) is 0 Å². The second-order valence-corrected chi connectivity index (χ2v) is 4.46. The minimum absolute atomic E-state index is 0.0368. The number of nitrogens with one attached hydrogen (secondary N) is 1. The van der Waals surface area contributed by atoms with E-state index in [9.17, 15) is 4.79 Å². The summed E-state index contributed by atoms with van der Waals surface area (Å²) in [7, 11) is 0. The number of nitrogens with zero attached hydrogens (tertiary/aromatic N) is 1. The molecule has 1 amide bonds. The molecule has 1 aromatic rings. The first-order chi connectivity index (χ1) is 7.56. The monoisotopic (exact) mass is 221 g/mol. The summed E-state index contributed by atoms with van der Waals surface area (Å²) in [6.45, 7) is 4.87. The lowest BCUT2D eigenvalue weighted by Crippen LogP contribution is -2.37. The molecule has 0 bridgehead atoms. The van der Waals surface area contributed by atoms with Gasteiger partial charge >= 0.3 is 0 Å². The third kappa shape index (κ3) is 3.62. The van der Waals surface area contributed by atoms with Gasteiger partial charge in [0.1, 0.15) is 0 Å². The van der Waals surface area contributed by atoms with Crippen molar-refractivity contribution in [2.45, 2.75) is 26.8 Å². The molecule has 1 heterocycles. The highest BCUT2D eigenvalue weighted by Crippen LogP contribution is 2.19. The molecule has 0 atom stereocenters. The standard InChI is InChI=1S/C12H19N3O/c1-12(2,5-6-13)11(16)15-9-10-3-7-14-8-4-10/h3-4,7-8H,5-6,9,13H2,1-2H3,(H,15,16). The van der Waals surface area contributed by atoms with Crippen molar-refractivity contribution in [2.24, 2.45) is 11.1 Å². The van der Waals surface area contributed by atoms with Crippen LogP contribution in [0.2, 0.25) is 0 Å². The van der Waals surface area contributed by atoms with E-state index in [1.165, 1.54) is 0 Å². The summed E-state index contributed by atoms with van der Waals surface area (Å²) in [5, 5.41) is 2.90. The molecule has 0 unspecified atom stereocenters. The van der Waals surface area contributed by atoms with Crippen LogP contribution in [-0.4, -0.2) is 17.4 Å². The molecule has 1 rings (SSSR count). The third-order valence-corrected chi connectivity index (χ3v) is 2.59. The van der Waals surface area contributed by atoms with Gasteiger partial charge in [-0.3, -0.25) is 9.78 Å². The van der Waals surface area contributed by atoms with Crippen LogP contribution in [0, 0.1) is 5.41 Å². The third-order valence-electron chi connectivity index (χ3n) is 2.59. The maximum Gasteiger partial charge on any atom is 0.225 e. The smallest absolute Gasteiger partial charge is 0.225 e. The summed E-state index contributed by atoms with van der Waals surface area (Å²) in [4.78, 5) is 15.8. The summed E-state index contributed by atoms with van der Waals surface area (Å²) >= 11 is 0. The van der Waals surface area contributed by atoms with Gasteiger partial charge in [0.2, 0.25) is 5.91 Å². The summed E-state index contributed by atoms with van der Waals surface area (Å²) in [6.07, 6.45) is 4.12. The van der Waals surface area contributed by atoms with E-state index in [-0.39, 0.29) is 5.91 Å². The second kappa shape index (κ2) is 5.61. The Labute approximate surface area is 96.3 Å². The number of pyridine rings is 1. The number of nitrogens with two attached hydrogens (primary N) is 1. The maximum absolute atomic E-state index is 11.8. The number of aromatic nitrogens is 1. The number of amides is 1. The van der Waals surface area contributed by atoms with Crippen molar-refractivity contribution < 1.29 is 4.79 Å². The molecule has 88 valence electrons. The SMILES string of the molecule is CC(C)(CCN)C(=O)NCc1ccncc1. The first kappa shape index (κ1) is 12.6. The van der Waals surface area contributed by atoms with E-state index in [0.29, 0.717) is 19.5 Å². The van der Waals surface area contributed by atoms with E-state index in [0.717, 1.165) is 5.56 Å². The predicted molar refractivity (Wildman–Crippen MR) is 63.5 cm³/mol. The molecule has 0 saturated heterocycles. The molecule has 0 fully saturated rings. The number of carbonyl (C=O) groups excluding carboxylic acids is 1. The average molecular weight is 221 g/mol. The Bertz CT molecular complexity index is 335. The Morgan fingerprint density at radius 3 is 2.62 bits per heavy atom. The van der Waals surface area contributed by atoms with Gasteiger partial charge < -0.3 is 11.1 Å². The molecule has 0 aliphatic heterocycles. The van der Waals surface area contributed by atoms with E-state index in [1.807, 2.05) is 26.0 Å². The molecule has 0 saturated carbocycles. The minimum Gasteiger partial charge on any atom is -0.352 e. The fourth-order valence-corrected chi connectivity index (χ4v) is 1.40. The molecule has 1 aromatic heterocycles. The Morgan fingerprint density at radius 2 is 2.06 bits per heavy atom. The Hall–Kier alpha value is -1.42. The van der Waals surface area contributed by atoms with Gasteiger partial charge in [-0.05, 0) is 30.7 Å². The van der Waals surface area contributed by atoms with E-state index in [1.54, 1.807) is 12.4 Å². The van der Waals surface area contributed by atoms with Crippen LogP contribution in [0.4, 0.5) is 0 Å². The number of rotatable bonds is 5. The summed E-state index contributed by atoms with van der Waals surface area (Å²) in [5.74, 6) is 0.0368. The molecule has 0 aliphatic carbocycles. The van der Waals surface area contributed by atoms with Gasteiger partial charge in [-0.15, -0.1) is 0 Å². The summed E-state index contributed by atoms with van der Waals surface area (Å²) < 4.78 is 0. The Morgan fingerprint density at radius 1 is 1.44 bits per heavy atom. The highest BCUT2D eigenvalue weighted by molar-refractivity contribution is 5.81. The van der Waals surface area contributed by atoms with E-state index in [4.69, 9.17) is 5.73 Å². The zero-order valence-electron chi connectivity index (χ0n) is 9.86. The molecular formula is C12H19N3O. The lowest BCUT2D eigenvalue weighted by molar-refractivity contribution is -0.129. The topological polar surface area (TPSA) is 68.0 Å². The van der Waals surface area contributed by atoms with Gasteiger partial charge in [-0.2, -0.15) is 0 Å². The largest absolute Gasteiger partial charge is 0.352 e. The first-order valence-corrected chi connectivity index (χ1v) is 5.43. The molecule has 16 heavy (non-hydrogen) atoms. The van der Waals surface area contributed by atoms with Crippen molar-refractivity contribution in [2.75, 3.05) is 6.54 Å². The van der Waals surface area contributed by atoms with Crippen LogP contribution in [0.3, 0.4) is 0 Å². The lowest BCUT2D eigenvalue weighted by Gasteiger charge is -2.22. The highest BCUT2D eigenvalue weighted by Gasteiger charge is 2.25. The quantitative estimate of drug-likeness (QED) is 0.781. The van der Waals surface area contributed by atoms with E-state index < -0.39 is 5.41 Å². The van der Waals surface area contributed by atoms with Crippen LogP contribution in [0.15, 0.2) is 24.5 Å². The van der Waals surface area contributed by atoms with Crippen molar-refractivity contribution in [1.82, 2.24) is 10.3 Å². The van der Waals surface area contributed by atoms with Gasteiger partial charge in [0.15, 0.2) is 0 Å². The van der Waals surface area contributed by atoms with Gasteiger partial charge in [-0.1, -0.05) is 13.8 Å². The number of hydrogen-bond donors (Lipinski definition) is 2. The van der Waals surface area contributed by atoms with E-state index >= 15 is 0 Å². The van der Waals surface area contributed by atoms with Crippen LogP contribution in [0.5, 0.6) is 0 Å². The summed E-state index contributed by atoms with van der Waals surface area (Å²) in [5.41, 5.74) is 6.12. The molecule has 0 spiro atoms. The Balaban J connectivity index is 2.47. The molecule has 4 heteroatoms. The van der Waals surface area contributed by atoms with Crippen molar-refractivity contribution in [1.29, 1.82) is 0 Å². The van der Waals surface area contributed by atoms with E-state index in [2.05, 4.69) is 10.3 Å². The van der Waals surface area contributed by atoms with Gasteiger partial charge in [0.25, 0.3) is 0 Å². The van der Waals surface area contributed by atoms with Crippen LogP contribution >= 0.6 is 0 Å². The van der Waals surface area contributed by atoms with Gasteiger partial charge in [0, 0.05) is 24.4 Å². The average Bonchev–Trinajstić information content (AvgIpc) is 2.27. The zero-order valence-corrected chi connectivity index (χ0v) is 9.86.